The van der Waals surface area contributed by atoms with Crippen molar-refractivity contribution >= 4 is 11.5 Å². The SMILES string of the molecule is CC(=Nc1ccn(C2OC(CO)C(O)C2(C)F)c(=O)n1)c1ccc2c(c1)OC(F)(F)O2. The topological polar surface area (TPSA) is 115 Å². The fourth-order valence-corrected chi connectivity index (χ4v) is 3.42. The van der Waals surface area contributed by atoms with Gasteiger partial charge in [0.25, 0.3) is 0 Å². The minimum absolute atomic E-state index is 0.0143. The van der Waals surface area contributed by atoms with E-state index in [-0.39, 0.29) is 17.3 Å². The first-order chi connectivity index (χ1) is 14.5. The van der Waals surface area contributed by atoms with Crippen molar-refractivity contribution in [2.45, 2.75) is 44.2 Å². The molecule has 0 bridgehead atoms. The van der Waals surface area contributed by atoms with Gasteiger partial charge in [0.2, 0.25) is 0 Å². The molecule has 3 heterocycles. The van der Waals surface area contributed by atoms with E-state index in [1.54, 1.807) is 6.92 Å². The maximum absolute atomic E-state index is 14.9. The van der Waals surface area contributed by atoms with E-state index < -0.39 is 42.7 Å². The number of nitrogens with zero attached hydrogens (tertiary/aromatic N) is 3. The highest BCUT2D eigenvalue weighted by Gasteiger charge is 2.55. The molecular formula is C19H18F3N3O6. The number of fused-ring (bicyclic) bond motifs is 1. The van der Waals surface area contributed by atoms with Gasteiger partial charge in [-0.25, -0.2) is 14.2 Å². The van der Waals surface area contributed by atoms with Crippen molar-refractivity contribution in [1.29, 1.82) is 0 Å². The van der Waals surface area contributed by atoms with Gasteiger partial charge in [-0.2, -0.15) is 4.98 Å². The monoisotopic (exact) mass is 441 g/mol. The normalized spacial score (nSPS) is 29.4. The Morgan fingerprint density at radius 3 is 2.61 bits per heavy atom. The molecule has 1 saturated heterocycles. The Labute approximate surface area is 173 Å². The van der Waals surface area contributed by atoms with Gasteiger partial charge in [0.1, 0.15) is 12.2 Å². The molecule has 31 heavy (non-hydrogen) atoms. The van der Waals surface area contributed by atoms with Crippen LogP contribution in [0, 0.1) is 0 Å². The van der Waals surface area contributed by atoms with Gasteiger partial charge in [-0.3, -0.25) is 4.57 Å². The van der Waals surface area contributed by atoms with Gasteiger partial charge < -0.3 is 24.4 Å². The molecule has 4 rings (SSSR count). The lowest BCUT2D eigenvalue weighted by molar-refractivity contribution is -0.286. The van der Waals surface area contributed by atoms with E-state index in [1.165, 1.54) is 30.5 Å². The van der Waals surface area contributed by atoms with Crippen molar-refractivity contribution in [3.8, 4) is 11.5 Å². The number of aliphatic imine (C=N–C) groups is 1. The quantitative estimate of drug-likeness (QED) is 0.694. The molecule has 1 aromatic carbocycles. The molecule has 4 atom stereocenters. The number of hydrogen-bond acceptors (Lipinski definition) is 8. The molecule has 9 nitrogen and oxygen atoms in total. The summed E-state index contributed by atoms with van der Waals surface area (Å²) in [7, 11) is 0. The molecule has 0 spiro atoms. The molecular weight excluding hydrogens is 423 g/mol. The number of alkyl halides is 3. The van der Waals surface area contributed by atoms with Crippen molar-refractivity contribution in [2.24, 2.45) is 4.99 Å². The minimum atomic E-state index is -3.74. The largest absolute Gasteiger partial charge is 0.586 e. The second-order valence-electron chi connectivity index (χ2n) is 7.31. The third-order valence-corrected chi connectivity index (χ3v) is 5.07. The Balaban J connectivity index is 1.59. The van der Waals surface area contributed by atoms with Gasteiger partial charge in [0.15, 0.2) is 29.2 Å². The number of aliphatic hydroxyl groups excluding tert-OH is 2. The number of hydrogen-bond donors (Lipinski definition) is 2. The van der Waals surface area contributed by atoms with Crippen molar-refractivity contribution in [3.05, 3.63) is 46.5 Å². The molecule has 2 N–H and O–H groups in total. The molecule has 0 aliphatic carbocycles. The zero-order valence-corrected chi connectivity index (χ0v) is 16.3. The lowest BCUT2D eigenvalue weighted by Gasteiger charge is -2.24. The fourth-order valence-electron chi connectivity index (χ4n) is 3.42. The predicted molar refractivity (Wildman–Crippen MR) is 99.5 cm³/mol. The number of ether oxygens (including phenoxy) is 3. The summed E-state index contributed by atoms with van der Waals surface area (Å²) in [4.78, 5) is 20.4. The molecule has 4 unspecified atom stereocenters. The summed E-state index contributed by atoms with van der Waals surface area (Å²) < 4.78 is 56.1. The van der Waals surface area contributed by atoms with Crippen LogP contribution in [-0.2, 0) is 4.74 Å². The van der Waals surface area contributed by atoms with Gasteiger partial charge in [0.05, 0.1) is 6.61 Å². The Bertz CT molecular complexity index is 1100. The Morgan fingerprint density at radius 2 is 1.97 bits per heavy atom. The average Bonchev–Trinajstić information content (AvgIpc) is 3.13. The van der Waals surface area contributed by atoms with Crippen molar-refractivity contribution in [3.63, 3.8) is 0 Å². The van der Waals surface area contributed by atoms with Crippen LogP contribution in [0.1, 0.15) is 25.6 Å². The van der Waals surface area contributed by atoms with Gasteiger partial charge in [0, 0.05) is 11.9 Å². The smallest absolute Gasteiger partial charge is 0.395 e. The molecule has 12 heteroatoms. The van der Waals surface area contributed by atoms with Crippen molar-refractivity contribution < 1.29 is 37.6 Å². The van der Waals surface area contributed by atoms with Crippen LogP contribution < -0.4 is 15.2 Å². The van der Waals surface area contributed by atoms with Crippen LogP contribution >= 0.6 is 0 Å². The summed E-state index contributed by atoms with van der Waals surface area (Å²) in [5.74, 6) is -0.283. The summed E-state index contributed by atoms with van der Waals surface area (Å²) in [5.41, 5.74) is -2.46. The number of benzene rings is 1. The molecule has 2 aromatic rings. The first kappa shape index (κ1) is 21.3. The van der Waals surface area contributed by atoms with Gasteiger partial charge >= 0.3 is 12.0 Å². The molecule has 2 aliphatic rings. The van der Waals surface area contributed by atoms with E-state index in [4.69, 9.17) is 4.74 Å². The van der Waals surface area contributed by atoms with Crippen LogP contribution in [0.4, 0.5) is 19.0 Å². The number of aliphatic hydroxyl groups is 2. The summed E-state index contributed by atoms with van der Waals surface area (Å²) >= 11 is 0. The summed E-state index contributed by atoms with van der Waals surface area (Å²) in [5, 5.41) is 19.2. The Morgan fingerprint density at radius 1 is 1.26 bits per heavy atom. The van der Waals surface area contributed by atoms with E-state index in [1.807, 2.05) is 0 Å². The van der Waals surface area contributed by atoms with Gasteiger partial charge in [-0.1, -0.05) is 0 Å². The van der Waals surface area contributed by atoms with E-state index >= 15 is 0 Å². The zero-order valence-electron chi connectivity index (χ0n) is 16.3. The van der Waals surface area contributed by atoms with Crippen LogP contribution in [-0.4, -0.2) is 56.3 Å². The van der Waals surface area contributed by atoms with Gasteiger partial charge in [-0.15, -0.1) is 8.78 Å². The standard InChI is InChI=1S/C19H18F3N3O6/c1-9(10-3-4-11-12(7-10)31-19(21,22)30-11)23-14-5-6-25(17(28)24-14)16-18(2,20)15(27)13(8-26)29-16/h3-7,13,15-16,26-27H,8H2,1-2H3. The third kappa shape index (κ3) is 3.77. The Kier molecular flexibility index (Phi) is 5.03. The molecule has 0 radical (unpaired) electrons. The van der Waals surface area contributed by atoms with E-state index in [9.17, 15) is 28.2 Å². The van der Waals surface area contributed by atoms with Crippen LogP contribution in [0.5, 0.6) is 11.5 Å². The first-order valence-electron chi connectivity index (χ1n) is 9.20. The second kappa shape index (κ2) is 7.32. The number of rotatable bonds is 4. The highest BCUT2D eigenvalue weighted by atomic mass is 19.3. The average molecular weight is 441 g/mol. The van der Waals surface area contributed by atoms with Crippen LogP contribution in [0.25, 0.3) is 0 Å². The predicted octanol–water partition coefficient (Wildman–Crippen LogP) is 1.68. The molecule has 2 aliphatic heterocycles. The molecule has 166 valence electrons. The first-order valence-corrected chi connectivity index (χ1v) is 9.20. The summed E-state index contributed by atoms with van der Waals surface area (Å²) in [6, 6.07) is 5.43. The molecule has 0 amide bonds. The molecule has 1 fully saturated rings. The fraction of sp³-hybridized carbons (Fsp3) is 0.421. The van der Waals surface area contributed by atoms with Crippen LogP contribution in [0.3, 0.4) is 0 Å². The summed E-state index contributed by atoms with van der Waals surface area (Å²) in [6.45, 7) is 2.01. The zero-order chi connectivity index (χ0) is 22.6. The molecule has 0 saturated carbocycles. The maximum Gasteiger partial charge on any atom is 0.586 e. The van der Waals surface area contributed by atoms with E-state index in [0.717, 1.165) is 11.5 Å². The second-order valence-corrected chi connectivity index (χ2v) is 7.31. The maximum atomic E-state index is 14.9. The van der Waals surface area contributed by atoms with E-state index in [0.29, 0.717) is 11.3 Å². The van der Waals surface area contributed by atoms with Crippen molar-refractivity contribution in [2.75, 3.05) is 6.61 Å². The lowest BCUT2D eigenvalue weighted by Crippen LogP contribution is -2.42. The Hall–Kier alpha value is -2.96. The number of halogens is 3. The highest BCUT2D eigenvalue weighted by Crippen LogP contribution is 2.42. The lowest BCUT2D eigenvalue weighted by atomic mass is 9.98. The minimum Gasteiger partial charge on any atom is -0.395 e. The third-order valence-electron chi connectivity index (χ3n) is 5.07. The van der Waals surface area contributed by atoms with Crippen LogP contribution in [0.15, 0.2) is 40.2 Å². The molecule has 1 aromatic heterocycles. The van der Waals surface area contributed by atoms with Crippen LogP contribution in [0.2, 0.25) is 0 Å². The number of aromatic nitrogens is 2. The highest BCUT2D eigenvalue weighted by molar-refractivity contribution is 6.00. The van der Waals surface area contributed by atoms with Crippen molar-refractivity contribution in [1.82, 2.24) is 9.55 Å². The van der Waals surface area contributed by atoms with Gasteiger partial charge in [-0.05, 0) is 43.7 Å². The summed E-state index contributed by atoms with van der Waals surface area (Å²) in [6.07, 6.45) is -6.85. The van der Waals surface area contributed by atoms with E-state index in [2.05, 4.69) is 19.5 Å².